The van der Waals surface area contributed by atoms with Crippen LogP contribution in [0.1, 0.15) is 6.42 Å². The van der Waals surface area contributed by atoms with Gasteiger partial charge in [0.2, 0.25) is 0 Å². The van der Waals surface area contributed by atoms with E-state index in [2.05, 4.69) is 16.9 Å². The van der Waals surface area contributed by atoms with E-state index in [1.165, 1.54) is 0 Å². The third-order valence-electron chi connectivity index (χ3n) is 3.64. The van der Waals surface area contributed by atoms with Crippen LogP contribution in [0.4, 0.5) is 11.4 Å². The van der Waals surface area contributed by atoms with Gasteiger partial charge in [0.1, 0.15) is 0 Å². The summed E-state index contributed by atoms with van der Waals surface area (Å²) >= 11 is 0. The molecule has 94 valence electrons. The van der Waals surface area contributed by atoms with Crippen molar-refractivity contribution in [2.24, 2.45) is 0 Å². The van der Waals surface area contributed by atoms with Gasteiger partial charge in [-0.15, -0.1) is 0 Å². The molecular weight excluding hydrogens is 226 g/mol. The Labute approximate surface area is 106 Å². The molecule has 4 heteroatoms. The Morgan fingerprint density at radius 3 is 3.06 bits per heavy atom. The normalized spacial score (nSPS) is 19.3. The Morgan fingerprint density at radius 2 is 2.28 bits per heavy atom. The Balaban J connectivity index is 2.03. The molecule has 1 unspecified atom stereocenters. The highest BCUT2D eigenvalue weighted by atomic mass is 16.5. The van der Waals surface area contributed by atoms with Gasteiger partial charge < -0.3 is 15.4 Å². The molecule has 0 radical (unpaired) electrons. The third-order valence-corrected chi connectivity index (χ3v) is 3.64. The molecule has 1 aliphatic rings. The van der Waals surface area contributed by atoms with E-state index in [4.69, 9.17) is 10.5 Å². The van der Waals surface area contributed by atoms with Crippen molar-refractivity contribution in [3.05, 3.63) is 30.5 Å². The molecule has 2 heterocycles. The Hall–Kier alpha value is -1.81. The lowest BCUT2D eigenvalue weighted by molar-refractivity contribution is 0.193. The van der Waals surface area contributed by atoms with Crippen LogP contribution in [-0.2, 0) is 4.74 Å². The second-order valence-corrected chi connectivity index (χ2v) is 4.70. The summed E-state index contributed by atoms with van der Waals surface area (Å²) in [4.78, 5) is 6.53. The first kappa shape index (κ1) is 11.3. The van der Waals surface area contributed by atoms with Crippen LogP contribution >= 0.6 is 0 Å². The fourth-order valence-electron chi connectivity index (χ4n) is 2.50. The molecule has 3 rings (SSSR count). The maximum atomic E-state index is 6.27. The largest absolute Gasteiger partial charge is 0.396 e. The molecule has 2 aromatic rings. The average molecular weight is 243 g/mol. The summed E-state index contributed by atoms with van der Waals surface area (Å²) in [5.41, 5.74) is 9.07. The molecule has 1 saturated heterocycles. The van der Waals surface area contributed by atoms with Crippen LogP contribution in [0.2, 0.25) is 0 Å². The first-order valence-corrected chi connectivity index (χ1v) is 6.21. The van der Waals surface area contributed by atoms with Crippen molar-refractivity contribution in [3.8, 4) is 0 Å². The fourth-order valence-corrected chi connectivity index (χ4v) is 2.50. The van der Waals surface area contributed by atoms with Crippen LogP contribution in [0.25, 0.3) is 10.9 Å². The van der Waals surface area contributed by atoms with Crippen molar-refractivity contribution in [3.63, 3.8) is 0 Å². The van der Waals surface area contributed by atoms with Gasteiger partial charge in [-0.2, -0.15) is 0 Å². The van der Waals surface area contributed by atoms with Crippen LogP contribution in [0.5, 0.6) is 0 Å². The summed E-state index contributed by atoms with van der Waals surface area (Å²) in [6.45, 7) is 1.62. The van der Waals surface area contributed by atoms with Crippen LogP contribution in [0.3, 0.4) is 0 Å². The number of rotatable bonds is 2. The summed E-state index contributed by atoms with van der Waals surface area (Å²) in [6, 6.07) is 8.42. The van der Waals surface area contributed by atoms with Crippen LogP contribution in [0.15, 0.2) is 30.5 Å². The van der Waals surface area contributed by atoms with E-state index in [0.29, 0.717) is 6.04 Å². The highest BCUT2D eigenvalue weighted by Gasteiger charge is 2.22. The molecule has 2 N–H and O–H groups in total. The molecule has 1 aromatic carbocycles. The third kappa shape index (κ3) is 1.78. The Kier molecular flexibility index (Phi) is 2.80. The van der Waals surface area contributed by atoms with Gasteiger partial charge in [-0.25, -0.2) is 0 Å². The number of anilines is 2. The number of nitrogens with zero attached hydrogens (tertiary/aromatic N) is 2. The second-order valence-electron chi connectivity index (χ2n) is 4.70. The maximum absolute atomic E-state index is 6.27. The number of fused-ring (bicyclic) bond motifs is 1. The van der Waals surface area contributed by atoms with Gasteiger partial charge in [-0.3, -0.25) is 4.98 Å². The van der Waals surface area contributed by atoms with E-state index in [0.717, 1.165) is 41.9 Å². The van der Waals surface area contributed by atoms with E-state index >= 15 is 0 Å². The number of nitrogen functional groups attached to an aromatic ring is 1. The maximum Gasteiger partial charge on any atom is 0.0724 e. The number of hydrogen-bond donors (Lipinski definition) is 1. The molecule has 1 aromatic heterocycles. The predicted molar refractivity (Wildman–Crippen MR) is 73.8 cm³/mol. The number of ether oxygens (including phenoxy) is 1. The quantitative estimate of drug-likeness (QED) is 0.820. The standard InChI is InChI=1S/C14H17N3O/c1-17(10-6-8-18-9-10)13-5-4-12-11(14(13)15)3-2-7-16-12/h2-5,7,10H,6,8-9,15H2,1H3. The number of benzene rings is 1. The van der Waals surface area contributed by atoms with Gasteiger partial charge >= 0.3 is 0 Å². The monoisotopic (exact) mass is 243 g/mol. The molecule has 0 spiro atoms. The Morgan fingerprint density at radius 1 is 1.39 bits per heavy atom. The summed E-state index contributed by atoms with van der Waals surface area (Å²) in [7, 11) is 2.08. The van der Waals surface area contributed by atoms with Gasteiger partial charge in [0.15, 0.2) is 0 Å². The molecule has 0 amide bonds. The SMILES string of the molecule is CN(c1ccc2ncccc2c1N)C1CCOC1. The lowest BCUT2D eigenvalue weighted by Gasteiger charge is -2.27. The molecular formula is C14H17N3O. The van der Waals surface area contributed by atoms with E-state index in [-0.39, 0.29) is 0 Å². The lowest BCUT2D eigenvalue weighted by Crippen LogP contribution is -2.32. The molecule has 0 saturated carbocycles. The number of likely N-dealkylation sites (N-methyl/N-ethyl adjacent to an activating group) is 1. The lowest BCUT2D eigenvalue weighted by atomic mass is 10.1. The van der Waals surface area contributed by atoms with E-state index in [1.54, 1.807) is 6.20 Å². The zero-order valence-electron chi connectivity index (χ0n) is 10.5. The van der Waals surface area contributed by atoms with Crippen molar-refractivity contribution < 1.29 is 4.74 Å². The molecule has 0 aliphatic carbocycles. The Bertz CT molecular complexity index is 564. The van der Waals surface area contributed by atoms with Crippen LogP contribution in [-0.4, -0.2) is 31.3 Å². The highest BCUT2D eigenvalue weighted by Crippen LogP contribution is 2.31. The summed E-state index contributed by atoms with van der Waals surface area (Å²) in [5, 5.41) is 1.01. The first-order chi connectivity index (χ1) is 8.77. The minimum absolute atomic E-state index is 0.418. The summed E-state index contributed by atoms with van der Waals surface area (Å²) < 4.78 is 5.43. The molecule has 1 atom stereocenters. The first-order valence-electron chi connectivity index (χ1n) is 6.21. The molecule has 18 heavy (non-hydrogen) atoms. The molecule has 1 fully saturated rings. The minimum atomic E-state index is 0.418. The zero-order chi connectivity index (χ0) is 12.5. The number of pyridine rings is 1. The second kappa shape index (κ2) is 4.46. The predicted octanol–water partition coefficient (Wildman–Crippen LogP) is 2.04. The van der Waals surface area contributed by atoms with Gasteiger partial charge in [0.05, 0.1) is 29.5 Å². The molecule has 4 nitrogen and oxygen atoms in total. The van der Waals surface area contributed by atoms with Gasteiger partial charge in [-0.1, -0.05) is 0 Å². The van der Waals surface area contributed by atoms with Crippen molar-refractivity contribution >= 4 is 22.3 Å². The van der Waals surface area contributed by atoms with Crippen LogP contribution in [0, 0.1) is 0 Å². The van der Waals surface area contributed by atoms with Gasteiger partial charge in [-0.05, 0) is 30.7 Å². The van der Waals surface area contributed by atoms with Crippen molar-refractivity contribution in [2.45, 2.75) is 12.5 Å². The molecule has 0 bridgehead atoms. The van der Waals surface area contributed by atoms with E-state index in [1.807, 2.05) is 24.3 Å². The van der Waals surface area contributed by atoms with E-state index < -0.39 is 0 Å². The van der Waals surface area contributed by atoms with Crippen molar-refractivity contribution in [1.29, 1.82) is 0 Å². The minimum Gasteiger partial charge on any atom is -0.396 e. The fraction of sp³-hybridized carbons (Fsp3) is 0.357. The summed E-state index contributed by atoms with van der Waals surface area (Å²) in [6.07, 6.45) is 2.84. The van der Waals surface area contributed by atoms with Gasteiger partial charge in [0, 0.05) is 25.2 Å². The smallest absolute Gasteiger partial charge is 0.0724 e. The zero-order valence-corrected chi connectivity index (χ0v) is 10.5. The number of hydrogen-bond acceptors (Lipinski definition) is 4. The highest BCUT2D eigenvalue weighted by molar-refractivity contribution is 5.97. The molecule has 1 aliphatic heterocycles. The van der Waals surface area contributed by atoms with Gasteiger partial charge in [0.25, 0.3) is 0 Å². The topological polar surface area (TPSA) is 51.4 Å². The average Bonchev–Trinajstić information content (AvgIpc) is 2.93. The van der Waals surface area contributed by atoms with Crippen LogP contribution < -0.4 is 10.6 Å². The number of aromatic nitrogens is 1. The van der Waals surface area contributed by atoms with Crippen molar-refractivity contribution in [2.75, 3.05) is 30.9 Å². The van der Waals surface area contributed by atoms with Crippen molar-refractivity contribution in [1.82, 2.24) is 4.98 Å². The summed E-state index contributed by atoms with van der Waals surface area (Å²) in [5.74, 6) is 0. The van der Waals surface area contributed by atoms with E-state index in [9.17, 15) is 0 Å². The number of nitrogens with two attached hydrogens (primary N) is 1.